The maximum absolute atomic E-state index is 12.7. The van der Waals surface area contributed by atoms with Crippen LogP contribution in [0.3, 0.4) is 0 Å². The average molecular weight is 246 g/mol. The topological polar surface area (TPSA) is 52.6 Å². The molecule has 5 unspecified atom stereocenters. The largest absolute Gasteiger partial charge is 0.458 e. The number of hydrogen-bond acceptors (Lipinski definition) is 4. The van der Waals surface area contributed by atoms with Gasteiger partial charge in [0.1, 0.15) is 12.2 Å². The van der Waals surface area contributed by atoms with Crippen molar-refractivity contribution in [3.8, 4) is 0 Å². The van der Waals surface area contributed by atoms with Gasteiger partial charge in [-0.2, -0.15) is 8.78 Å². The molecular weight excluding hydrogens is 234 g/mol. The van der Waals surface area contributed by atoms with Crippen LogP contribution in [0.4, 0.5) is 8.78 Å². The first-order valence-electron chi connectivity index (χ1n) is 5.67. The zero-order valence-electron chi connectivity index (χ0n) is 9.19. The van der Waals surface area contributed by atoms with Crippen LogP contribution >= 0.6 is 0 Å². The van der Waals surface area contributed by atoms with Crippen LogP contribution in [0.5, 0.6) is 0 Å². The van der Waals surface area contributed by atoms with E-state index in [4.69, 9.17) is 9.47 Å². The van der Waals surface area contributed by atoms with Crippen LogP contribution in [-0.2, 0) is 19.1 Å². The van der Waals surface area contributed by atoms with Crippen molar-refractivity contribution in [3.63, 3.8) is 0 Å². The van der Waals surface area contributed by atoms with Crippen LogP contribution in [0.25, 0.3) is 0 Å². The third-order valence-corrected chi connectivity index (χ3v) is 4.02. The summed E-state index contributed by atoms with van der Waals surface area (Å²) in [5.74, 6) is -5.37. The second-order valence-electron chi connectivity index (χ2n) is 5.16. The van der Waals surface area contributed by atoms with E-state index in [2.05, 4.69) is 0 Å². The molecule has 2 aliphatic carbocycles. The monoisotopic (exact) mass is 246 g/mol. The molecule has 3 fully saturated rings. The molecule has 3 aliphatic rings. The molecule has 0 aromatic rings. The molecule has 0 amide bonds. The van der Waals surface area contributed by atoms with Crippen molar-refractivity contribution in [2.45, 2.75) is 37.9 Å². The number of carbonyl (C=O) groups excluding carboxylic acids is 2. The normalized spacial score (nSPS) is 42.8. The van der Waals surface area contributed by atoms with E-state index >= 15 is 0 Å². The summed E-state index contributed by atoms with van der Waals surface area (Å²) in [4.78, 5) is 22.6. The van der Waals surface area contributed by atoms with Crippen LogP contribution in [0, 0.1) is 17.8 Å². The summed E-state index contributed by atoms with van der Waals surface area (Å²) in [5.41, 5.74) is 0. The van der Waals surface area contributed by atoms with Crippen molar-refractivity contribution in [3.05, 3.63) is 0 Å². The van der Waals surface area contributed by atoms with E-state index in [-0.39, 0.29) is 23.7 Å². The highest BCUT2D eigenvalue weighted by molar-refractivity contribution is 5.79. The Hall–Kier alpha value is -1.20. The number of halogens is 2. The van der Waals surface area contributed by atoms with E-state index in [1.165, 1.54) is 0 Å². The fourth-order valence-corrected chi connectivity index (χ4v) is 3.29. The summed E-state index contributed by atoms with van der Waals surface area (Å²) in [6.07, 6.45) is 0.139. The van der Waals surface area contributed by atoms with Gasteiger partial charge in [0.15, 0.2) is 0 Å². The molecule has 1 heterocycles. The molecule has 0 radical (unpaired) electrons. The molecule has 1 saturated heterocycles. The summed E-state index contributed by atoms with van der Waals surface area (Å²) in [6.45, 7) is 0.506. The van der Waals surface area contributed by atoms with E-state index in [9.17, 15) is 18.4 Å². The minimum absolute atomic E-state index is 0.00671. The Morgan fingerprint density at radius 3 is 2.82 bits per heavy atom. The Labute approximate surface area is 96.3 Å². The number of hydrogen-bond donors (Lipinski definition) is 0. The fourth-order valence-electron chi connectivity index (χ4n) is 3.29. The van der Waals surface area contributed by atoms with Gasteiger partial charge in [-0.3, -0.25) is 4.79 Å². The Balaban J connectivity index is 1.75. The first-order chi connectivity index (χ1) is 7.88. The van der Waals surface area contributed by atoms with Gasteiger partial charge in [0.05, 0.1) is 5.92 Å². The van der Waals surface area contributed by atoms with Crippen LogP contribution in [0.15, 0.2) is 0 Å². The van der Waals surface area contributed by atoms with Crippen LogP contribution in [-0.4, -0.2) is 30.1 Å². The van der Waals surface area contributed by atoms with E-state index in [0.29, 0.717) is 13.3 Å². The van der Waals surface area contributed by atoms with Gasteiger partial charge in [-0.15, -0.1) is 0 Å². The Morgan fingerprint density at radius 1 is 1.47 bits per heavy atom. The molecule has 0 aromatic carbocycles. The standard InChI is InChI=1S/C11H12F2O4/c1-11(12,13)10(15)17-7-4-2-5-6(3-4)9(14)16-8(5)7/h4-8H,2-3H2,1H3. The minimum atomic E-state index is -3.50. The van der Waals surface area contributed by atoms with E-state index < -0.39 is 24.1 Å². The van der Waals surface area contributed by atoms with Gasteiger partial charge in [-0.05, 0) is 12.8 Å². The van der Waals surface area contributed by atoms with Crippen molar-refractivity contribution < 1.29 is 27.8 Å². The van der Waals surface area contributed by atoms with Gasteiger partial charge >= 0.3 is 17.9 Å². The smallest absolute Gasteiger partial charge is 0.377 e. The van der Waals surface area contributed by atoms with E-state index in [1.807, 2.05) is 0 Å². The maximum atomic E-state index is 12.7. The lowest BCUT2D eigenvalue weighted by Gasteiger charge is -2.26. The first kappa shape index (κ1) is 10.9. The second kappa shape index (κ2) is 3.17. The summed E-state index contributed by atoms with van der Waals surface area (Å²) in [5, 5.41) is 0. The lowest BCUT2D eigenvalue weighted by molar-refractivity contribution is -0.183. The third kappa shape index (κ3) is 1.46. The van der Waals surface area contributed by atoms with Gasteiger partial charge in [0.25, 0.3) is 0 Å². The molecule has 0 aromatic heterocycles. The highest BCUT2D eigenvalue weighted by Crippen LogP contribution is 2.55. The highest BCUT2D eigenvalue weighted by atomic mass is 19.3. The predicted octanol–water partition coefficient (Wildman–Crippen LogP) is 1.13. The number of esters is 2. The number of ether oxygens (including phenoxy) is 2. The first-order valence-corrected chi connectivity index (χ1v) is 5.67. The average Bonchev–Trinajstić information content (AvgIpc) is 2.80. The van der Waals surface area contributed by atoms with Gasteiger partial charge in [0.2, 0.25) is 0 Å². The maximum Gasteiger partial charge on any atom is 0.377 e. The lowest BCUT2D eigenvalue weighted by Crippen LogP contribution is -2.40. The number of fused-ring (bicyclic) bond motifs is 1. The number of rotatable bonds is 2. The van der Waals surface area contributed by atoms with Gasteiger partial charge in [0, 0.05) is 18.8 Å². The molecule has 0 N–H and O–H groups in total. The zero-order valence-corrected chi connectivity index (χ0v) is 9.19. The summed E-state index contributed by atoms with van der Waals surface area (Å²) in [6, 6.07) is 0. The highest BCUT2D eigenvalue weighted by Gasteiger charge is 2.63. The minimum Gasteiger partial charge on any atom is -0.458 e. The Bertz CT molecular complexity index is 389. The molecule has 2 saturated carbocycles. The van der Waals surface area contributed by atoms with Crippen molar-refractivity contribution >= 4 is 11.9 Å². The van der Waals surface area contributed by atoms with Crippen molar-refractivity contribution in [2.24, 2.45) is 17.8 Å². The number of alkyl halides is 2. The van der Waals surface area contributed by atoms with Crippen LogP contribution < -0.4 is 0 Å². The molecule has 5 atom stereocenters. The van der Waals surface area contributed by atoms with E-state index in [0.717, 1.165) is 6.42 Å². The molecular formula is C11H12F2O4. The van der Waals surface area contributed by atoms with Crippen molar-refractivity contribution in [1.82, 2.24) is 0 Å². The van der Waals surface area contributed by atoms with Gasteiger partial charge in [-0.1, -0.05) is 0 Å². The summed E-state index contributed by atoms with van der Waals surface area (Å²) >= 11 is 0. The molecule has 2 bridgehead atoms. The van der Waals surface area contributed by atoms with Crippen LogP contribution in [0.1, 0.15) is 19.8 Å². The molecule has 0 spiro atoms. The zero-order chi connectivity index (χ0) is 12.4. The number of carbonyl (C=O) groups is 2. The molecule has 4 nitrogen and oxygen atoms in total. The summed E-state index contributed by atoms with van der Waals surface area (Å²) < 4.78 is 35.4. The van der Waals surface area contributed by atoms with Crippen LogP contribution in [0.2, 0.25) is 0 Å². The molecule has 3 rings (SSSR count). The Kier molecular flexibility index (Phi) is 2.04. The second-order valence-corrected chi connectivity index (χ2v) is 5.16. The van der Waals surface area contributed by atoms with Crippen molar-refractivity contribution in [1.29, 1.82) is 0 Å². The fraction of sp³-hybridized carbons (Fsp3) is 0.818. The van der Waals surface area contributed by atoms with Gasteiger partial charge < -0.3 is 9.47 Å². The van der Waals surface area contributed by atoms with E-state index in [1.54, 1.807) is 0 Å². The Morgan fingerprint density at radius 2 is 2.18 bits per heavy atom. The molecule has 1 aliphatic heterocycles. The molecule has 94 valence electrons. The third-order valence-electron chi connectivity index (χ3n) is 4.02. The lowest BCUT2D eigenvalue weighted by atomic mass is 9.88. The SMILES string of the molecule is CC(F)(F)C(=O)OC1C2CC3C(=O)OC1C3C2. The predicted molar refractivity (Wildman–Crippen MR) is 50.1 cm³/mol. The quantitative estimate of drug-likeness (QED) is 0.685. The van der Waals surface area contributed by atoms with Crippen molar-refractivity contribution in [2.75, 3.05) is 0 Å². The molecule has 6 heteroatoms. The summed E-state index contributed by atoms with van der Waals surface area (Å²) in [7, 11) is 0. The van der Waals surface area contributed by atoms with Gasteiger partial charge in [-0.25, -0.2) is 4.79 Å². The molecule has 17 heavy (non-hydrogen) atoms.